The molecule has 0 aliphatic carbocycles. The van der Waals surface area contributed by atoms with E-state index in [1.165, 1.54) is 6.20 Å². The minimum atomic E-state index is -1.26. The van der Waals surface area contributed by atoms with Crippen molar-refractivity contribution in [1.82, 2.24) is 4.98 Å². The zero-order valence-electron chi connectivity index (χ0n) is 6.07. The van der Waals surface area contributed by atoms with Crippen molar-refractivity contribution in [2.24, 2.45) is 5.73 Å². The summed E-state index contributed by atoms with van der Waals surface area (Å²) in [5.41, 5.74) is 5.19. The largest absolute Gasteiger partial charge is 0.480 e. The van der Waals surface area contributed by atoms with Crippen LogP contribution >= 0.6 is 0 Å². The molecular weight excluding hydrogens is 163 g/mol. The van der Waals surface area contributed by atoms with Crippen molar-refractivity contribution < 1.29 is 14.3 Å². The van der Waals surface area contributed by atoms with E-state index in [0.29, 0.717) is 0 Å². The minimum Gasteiger partial charge on any atom is -0.480 e. The van der Waals surface area contributed by atoms with E-state index in [1.807, 2.05) is 0 Å². The Hall–Kier alpha value is -1.49. The topological polar surface area (TPSA) is 76.2 Å². The van der Waals surface area contributed by atoms with Gasteiger partial charge in [0.1, 0.15) is 11.9 Å². The average molecular weight is 170 g/mol. The van der Waals surface area contributed by atoms with Gasteiger partial charge in [0.15, 0.2) is 0 Å². The highest BCUT2D eigenvalue weighted by molar-refractivity contribution is 5.74. The van der Waals surface area contributed by atoms with Crippen LogP contribution in [0.4, 0.5) is 4.39 Å². The van der Waals surface area contributed by atoms with Gasteiger partial charge in [-0.2, -0.15) is 0 Å². The van der Waals surface area contributed by atoms with Crippen molar-refractivity contribution >= 4 is 5.97 Å². The molecule has 0 fully saturated rings. The number of hydrogen-bond acceptors (Lipinski definition) is 3. The average Bonchev–Trinajstić information content (AvgIpc) is 2.03. The van der Waals surface area contributed by atoms with Gasteiger partial charge < -0.3 is 10.8 Å². The molecule has 0 saturated heterocycles. The smallest absolute Gasteiger partial charge is 0.326 e. The molecule has 0 bridgehead atoms. The molecule has 64 valence electrons. The summed E-state index contributed by atoms with van der Waals surface area (Å²) in [4.78, 5) is 13.9. The van der Waals surface area contributed by atoms with E-state index in [0.717, 1.165) is 12.1 Å². The van der Waals surface area contributed by atoms with Gasteiger partial charge in [-0.1, -0.05) is 0 Å². The fourth-order valence-corrected chi connectivity index (χ4v) is 0.718. The Morgan fingerprint density at radius 3 is 2.92 bits per heavy atom. The Bertz CT molecular complexity index is 303. The molecule has 1 atom stereocenters. The van der Waals surface area contributed by atoms with Crippen LogP contribution in [0.15, 0.2) is 18.3 Å². The van der Waals surface area contributed by atoms with Gasteiger partial charge in [0.2, 0.25) is 0 Å². The number of rotatable bonds is 2. The van der Waals surface area contributed by atoms with E-state index in [9.17, 15) is 9.18 Å². The lowest BCUT2D eigenvalue weighted by atomic mass is 10.2. The third-order valence-electron chi connectivity index (χ3n) is 1.33. The second-order valence-electron chi connectivity index (χ2n) is 2.21. The molecule has 4 nitrogen and oxygen atoms in total. The summed E-state index contributed by atoms with van der Waals surface area (Å²) in [6.45, 7) is 0. The van der Waals surface area contributed by atoms with Crippen LogP contribution in [0.5, 0.6) is 0 Å². The minimum absolute atomic E-state index is 0.0162. The Morgan fingerprint density at radius 2 is 2.42 bits per heavy atom. The van der Waals surface area contributed by atoms with E-state index >= 15 is 0 Å². The maximum atomic E-state index is 12.5. The van der Waals surface area contributed by atoms with Crippen LogP contribution in [0.1, 0.15) is 11.7 Å². The molecule has 1 aromatic rings. The summed E-state index contributed by atoms with van der Waals surface area (Å²) < 4.78 is 12.5. The van der Waals surface area contributed by atoms with Crippen molar-refractivity contribution in [2.75, 3.05) is 0 Å². The number of halogens is 1. The predicted molar refractivity (Wildman–Crippen MR) is 38.8 cm³/mol. The third-order valence-corrected chi connectivity index (χ3v) is 1.33. The number of nitrogens with zero attached hydrogens (tertiary/aromatic N) is 1. The molecule has 0 aliphatic heterocycles. The van der Waals surface area contributed by atoms with Gasteiger partial charge in [-0.25, -0.2) is 4.39 Å². The molecule has 1 unspecified atom stereocenters. The summed E-state index contributed by atoms with van der Waals surface area (Å²) >= 11 is 0. The number of carboxylic acids is 1. The summed E-state index contributed by atoms with van der Waals surface area (Å²) in [6, 6.07) is 0.859. The summed E-state index contributed by atoms with van der Waals surface area (Å²) in [7, 11) is 0. The number of pyridine rings is 1. The Labute approximate surface area is 67.8 Å². The first-order chi connectivity index (χ1) is 5.61. The molecular formula is C7H7FN2O2. The highest BCUT2D eigenvalue weighted by Crippen LogP contribution is 2.07. The van der Waals surface area contributed by atoms with E-state index in [-0.39, 0.29) is 5.69 Å². The number of hydrogen-bond donors (Lipinski definition) is 2. The Morgan fingerprint density at radius 1 is 1.75 bits per heavy atom. The van der Waals surface area contributed by atoms with Crippen molar-refractivity contribution in [1.29, 1.82) is 0 Å². The van der Waals surface area contributed by atoms with Crippen LogP contribution in [0.25, 0.3) is 0 Å². The quantitative estimate of drug-likeness (QED) is 0.669. The second-order valence-corrected chi connectivity index (χ2v) is 2.21. The Balaban J connectivity index is 2.95. The zero-order chi connectivity index (χ0) is 9.14. The standard InChI is InChI=1S/C7H7FN2O2/c8-4-1-2-10-5(3-4)6(9)7(11)12/h1-3,6H,9H2,(H,11,12). The molecule has 0 spiro atoms. The van der Waals surface area contributed by atoms with Gasteiger partial charge in [0, 0.05) is 6.20 Å². The summed E-state index contributed by atoms with van der Waals surface area (Å²) in [5.74, 6) is -1.77. The predicted octanol–water partition coefficient (Wildman–Crippen LogP) is 0.305. The second kappa shape index (κ2) is 3.27. The van der Waals surface area contributed by atoms with Gasteiger partial charge in [-0.15, -0.1) is 0 Å². The van der Waals surface area contributed by atoms with Crippen molar-refractivity contribution in [3.8, 4) is 0 Å². The normalized spacial score (nSPS) is 12.5. The van der Waals surface area contributed by atoms with E-state index in [2.05, 4.69) is 4.98 Å². The monoisotopic (exact) mass is 170 g/mol. The molecule has 12 heavy (non-hydrogen) atoms. The third kappa shape index (κ3) is 1.76. The SMILES string of the molecule is NC(C(=O)O)c1cc(F)ccn1. The molecule has 0 saturated carbocycles. The lowest BCUT2D eigenvalue weighted by molar-refractivity contribution is -0.138. The van der Waals surface area contributed by atoms with Crippen LogP contribution in [-0.2, 0) is 4.79 Å². The fraction of sp³-hybridized carbons (Fsp3) is 0.143. The molecule has 0 aliphatic rings. The summed E-state index contributed by atoms with van der Waals surface area (Å²) in [5, 5.41) is 8.44. The van der Waals surface area contributed by atoms with Crippen LogP contribution in [-0.4, -0.2) is 16.1 Å². The molecule has 0 aromatic carbocycles. The van der Waals surface area contributed by atoms with Crippen LogP contribution in [0.3, 0.4) is 0 Å². The molecule has 3 N–H and O–H groups in total. The fourth-order valence-electron chi connectivity index (χ4n) is 0.718. The molecule has 1 heterocycles. The first-order valence-electron chi connectivity index (χ1n) is 3.21. The molecule has 1 aromatic heterocycles. The lowest BCUT2D eigenvalue weighted by Crippen LogP contribution is -2.21. The number of aromatic nitrogens is 1. The van der Waals surface area contributed by atoms with E-state index < -0.39 is 17.8 Å². The highest BCUT2D eigenvalue weighted by atomic mass is 19.1. The van der Waals surface area contributed by atoms with Crippen molar-refractivity contribution in [3.05, 3.63) is 29.8 Å². The first kappa shape index (κ1) is 8.61. The first-order valence-corrected chi connectivity index (χ1v) is 3.21. The molecule has 5 heteroatoms. The number of aliphatic carboxylic acids is 1. The van der Waals surface area contributed by atoms with Crippen molar-refractivity contribution in [3.63, 3.8) is 0 Å². The number of carboxylic acid groups (broad SMARTS) is 1. The lowest BCUT2D eigenvalue weighted by Gasteiger charge is -2.03. The van der Waals surface area contributed by atoms with Gasteiger partial charge in [-0.05, 0) is 12.1 Å². The maximum absolute atomic E-state index is 12.5. The number of carbonyl (C=O) groups is 1. The zero-order valence-corrected chi connectivity index (χ0v) is 6.07. The van der Waals surface area contributed by atoms with Gasteiger partial charge >= 0.3 is 5.97 Å². The van der Waals surface area contributed by atoms with Gasteiger partial charge in [0.25, 0.3) is 0 Å². The van der Waals surface area contributed by atoms with Crippen LogP contribution < -0.4 is 5.73 Å². The molecule has 0 amide bonds. The molecule has 0 radical (unpaired) electrons. The maximum Gasteiger partial charge on any atom is 0.326 e. The van der Waals surface area contributed by atoms with Crippen molar-refractivity contribution in [2.45, 2.75) is 6.04 Å². The highest BCUT2D eigenvalue weighted by Gasteiger charge is 2.15. The van der Waals surface area contributed by atoms with Gasteiger partial charge in [0.05, 0.1) is 5.69 Å². The summed E-state index contributed by atoms with van der Waals surface area (Å²) in [6.07, 6.45) is 1.17. The van der Waals surface area contributed by atoms with Crippen LogP contribution in [0.2, 0.25) is 0 Å². The van der Waals surface area contributed by atoms with E-state index in [1.54, 1.807) is 0 Å². The Kier molecular flexibility index (Phi) is 2.35. The van der Waals surface area contributed by atoms with E-state index in [4.69, 9.17) is 10.8 Å². The number of nitrogens with two attached hydrogens (primary N) is 1. The van der Waals surface area contributed by atoms with Gasteiger partial charge in [-0.3, -0.25) is 9.78 Å². The molecule has 1 rings (SSSR count). The van der Waals surface area contributed by atoms with Crippen LogP contribution in [0, 0.1) is 5.82 Å².